The normalized spacial score (nSPS) is 12.5. The van der Waals surface area contributed by atoms with E-state index in [1.807, 2.05) is 54.6 Å². The Morgan fingerprint density at radius 2 is 1.48 bits per heavy atom. The van der Waals surface area contributed by atoms with E-state index >= 15 is 0 Å². The molecule has 0 bridgehead atoms. The van der Waals surface area contributed by atoms with Gasteiger partial charge in [-0.25, -0.2) is 0 Å². The van der Waals surface area contributed by atoms with Gasteiger partial charge >= 0.3 is 0 Å². The molecule has 0 saturated heterocycles. The molecule has 106 valence electrons. The molecule has 0 radical (unpaired) electrons. The number of halogens is 2. The molecule has 1 atom stereocenters. The molecule has 3 rings (SSSR count). The highest BCUT2D eigenvalue weighted by Gasteiger charge is 2.12. The molecule has 0 saturated carbocycles. The molecule has 2 N–H and O–H groups in total. The summed E-state index contributed by atoms with van der Waals surface area (Å²) in [4.78, 5) is 0. The van der Waals surface area contributed by atoms with Crippen molar-refractivity contribution in [3.05, 3.63) is 81.8 Å². The number of fused-ring (bicyclic) bond motifs is 1. The van der Waals surface area contributed by atoms with E-state index < -0.39 is 0 Å². The second-order valence-corrected chi connectivity index (χ2v) is 5.96. The van der Waals surface area contributed by atoms with Crippen molar-refractivity contribution >= 4 is 34.0 Å². The average molecular weight is 316 g/mol. The topological polar surface area (TPSA) is 26.0 Å². The van der Waals surface area contributed by atoms with Crippen LogP contribution in [0, 0.1) is 0 Å². The summed E-state index contributed by atoms with van der Waals surface area (Å²) < 4.78 is 0. The molecule has 0 aliphatic carbocycles. The molecule has 0 spiro atoms. The summed E-state index contributed by atoms with van der Waals surface area (Å²) in [6.45, 7) is 0. The van der Waals surface area contributed by atoms with Crippen LogP contribution in [0.15, 0.2) is 60.7 Å². The van der Waals surface area contributed by atoms with Crippen LogP contribution in [0.5, 0.6) is 0 Å². The third-order valence-corrected chi connectivity index (χ3v) is 4.25. The molecule has 0 amide bonds. The maximum atomic E-state index is 6.41. The van der Waals surface area contributed by atoms with Gasteiger partial charge in [0.15, 0.2) is 0 Å². The summed E-state index contributed by atoms with van der Waals surface area (Å²) >= 11 is 12.2. The van der Waals surface area contributed by atoms with Crippen molar-refractivity contribution in [2.45, 2.75) is 12.5 Å². The van der Waals surface area contributed by atoms with Crippen LogP contribution in [0.1, 0.15) is 17.2 Å². The van der Waals surface area contributed by atoms with E-state index in [0.29, 0.717) is 0 Å². The SMILES string of the molecule is NC(Cc1ccc(Cl)cc1)c1ccc(Cl)c2ccccc12. The zero-order valence-electron chi connectivity index (χ0n) is 11.4. The minimum atomic E-state index is -0.0756. The lowest BCUT2D eigenvalue weighted by Gasteiger charge is -2.16. The van der Waals surface area contributed by atoms with Gasteiger partial charge in [-0.05, 0) is 41.1 Å². The van der Waals surface area contributed by atoms with Gasteiger partial charge < -0.3 is 5.73 Å². The summed E-state index contributed by atoms with van der Waals surface area (Å²) in [7, 11) is 0. The number of rotatable bonds is 3. The van der Waals surface area contributed by atoms with E-state index in [0.717, 1.165) is 32.8 Å². The Hall–Kier alpha value is -1.54. The largest absolute Gasteiger partial charge is 0.324 e. The second-order valence-electron chi connectivity index (χ2n) is 5.12. The van der Waals surface area contributed by atoms with E-state index in [1.165, 1.54) is 5.56 Å². The van der Waals surface area contributed by atoms with Crippen LogP contribution in [0.25, 0.3) is 10.8 Å². The number of hydrogen-bond donors (Lipinski definition) is 1. The molecule has 21 heavy (non-hydrogen) atoms. The van der Waals surface area contributed by atoms with E-state index in [1.54, 1.807) is 0 Å². The Balaban J connectivity index is 1.96. The zero-order chi connectivity index (χ0) is 14.8. The first kappa shape index (κ1) is 14.4. The minimum Gasteiger partial charge on any atom is -0.324 e. The fourth-order valence-corrected chi connectivity index (χ4v) is 2.95. The first-order chi connectivity index (χ1) is 10.1. The van der Waals surface area contributed by atoms with Crippen LogP contribution in [-0.4, -0.2) is 0 Å². The van der Waals surface area contributed by atoms with E-state index in [9.17, 15) is 0 Å². The number of hydrogen-bond acceptors (Lipinski definition) is 1. The maximum Gasteiger partial charge on any atom is 0.0484 e. The Bertz CT molecular complexity index is 766. The van der Waals surface area contributed by atoms with Gasteiger partial charge in [0, 0.05) is 21.5 Å². The molecule has 0 aliphatic rings. The molecule has 3 aromatic rings. The first-order valence-corrected chi connectivity index (χ1v) is 7.58. The third kappa shape index (κ3) is 3.06. The van der Waals surface area contributed by atoms with Crippen LogP contribution < -0.4 is 5.73 Å². The predicted octanol–water partition coefficient (Wildman–Crippen LogP) is 5.39. The van der Waals surface area contributed by atoms with Crippen molar-refractivity contribution in [1.82, 2.24) is 0 Å². The quantitative estimate of drug-likeness (QED) is 0.689. The predicted molar refractivity (Wildman–Crippen MR) is 91.0 cm³/mol. The minimum absolute atomic E-state index is 0.0756. The standard InChI is InChI=1S/C18H15Cl2N/c19-13-7-5-12(6-8-13)11-18(21)16-9-10-17(20)15-4-2-1-3-14(15)16/h1-10,18H,11,21H2. The molecule has 1 unspecified atom stereocenters. The van der Waals surface area contributed by atoms with Gasteiger partial charge in [-0.3, -0.25) is 0 Å². The van der Waals surface area contributed by atoms with Gasteiger partial charge in [-0.15, -0.1) is 0 Å². The van der Waals surface area contributed by atoms with Gasteiger partial charge in [-0.1, -0.05) is 65.7 Å². The molecule has 1 nitrogen and oxygen atoms in total. The van der Waals surface area contributed by atoms with Gasteiger partial charge in [0.1, 0.15) is 0 Å². The van der Waals surface area contributed by atoms with Gasteiger partial charge in [-0.2, -0.15) is 0 Å². The van der Waals surface area contributed by atoms with Crippen LogP contribution in [0.3, 0.4) is 0 Å². The molecule has 0 aliphatic heterocycles. The molecule has 0 heterocycles. The van der Waals surface area contributed by atoms with Gasteiger partial charge in [0.25, 0.3) is 0 Å². The summed E-state index contributed by atoms with van der Waals surface area (Å²) in [6, 6.07) is 19.8. The van der Waals surface area contributed by atoms with Crippen molar-refractivity contribution in [2.75, 3.05) is 0 Å². The van der Waals surface area contributed by atoms with E-state index in [-0.39, 0.29) is 6.04 Å². The van der Waals surface area contributed by atoms with Crippen LogP contribution in [0.2, 0.25) is 10.0 Å². The number of benzene rings is 3. The maximum absolute atomic E-state index is 6.41. The zero-order valence-corrected chi connectivity index (χ0v) is 12.9. The Morgan fingerprint density at radius 1 is 0.810 bits per heavy atom. The van der Waals surface area contributed by atoms with Crippen LogP contribution >= 0.6 is 23.2 Å². The van der Waals surface area contributed by atoms with Crippen molar-refractivity contribution in [2.24, 2.45) is 5.73 Å². The lowest BCUT2D eigenvalue weighted by molar-refractivity contribution is 0.728. The molecular weight excluding hydrogens is 301 g/mol. The summed E-state index contributed by atoms with van der Waals surface area (Å²) in [6.07, 6.45) is 0.767. The molecule has 3 heteroatoms. The van der Waals surface area contributed by atoms with E-state index in [4.69, 9.17) is 28.9 Å². The van der Waals surface area contributed by atoms with Crippen molar-refractivity contribution < 1.29 is 0 Å². The fourth-order valence-electron chi connectivity index (χ4n) is 2.59. The summed E-state index contributed by atoms with van der Waals surface area (Å²) in [5, 5.41) is 3.66. The lowest BCUT2D eigenvalue weighted by Crippen LogP contribution is -2.13. The first-order valence-electron chi connectivity index (χ1n) is 6.82. The van der Waals surface area contributed by atoms with Crippen molar-refractivity contribution in [3.63, 3.8) is 0 Å². The smallest absolute Gasteiger partial charge is 0.0484 e. The Morgan fingerprint density at radius 3 is 2.19 bits per heavy atom. The molecule has 0 fully saturated rings. The van der Waals surface area contributed by atoms with Crippen LogP contribution in [-0.2, 0) is 6.42 Å². The fraction of sp³-hybridized carbons (Fsp3) is 0.111. The lowest BCUT2D eigenvalue weighted by atomic mass is 9.95. The highest BCUT2D eigenvalue weighted by atomic mass is 35.5. The monoisotopic (exact) mass is 315 g/mol. The van der Waals surface area contributed by atoms with Crippen molar-refractivity contribution in [1.29, 1.82) is 0 Å². The van der Waals surface area contributed by atoms with Gasteiger partial charge in [0.05, 0.1) is 0 Å². The second kappa shape index (κ2) is 6.07. The molecule has 0 aromatic heterocycles. The number of nitrogens with two attached hydrogens (primary N) is 1. The Kier molecular flexibility index (Phi) is 4.16. The Labute approximate surface area is 134 Å². The highest BCUT2D eigenvalue weighted by molar-refractivity contribution is 6.35. The average Bonchev–Trinajstić information content (AvgIpc) is 2.50. The van der Waals surface area contributed by atoms with Crippen molar-refractivity contribution in [3.8, 4) is 0 Å². The third-order valence-electron chi connectivity index (χ3n) is 3.67. The summed E-state index contributed by atoms with van der Waals surface area (Å²) in [5.74, 6) is 0. The van der Waals surface area contributed by atoms with E-state index in [2.05, 4.69) is 6.07 Å². The highest BCUT2D eigenvalue weighted by Crippen LogP contribution is 2.30. The summed E-state index contributed by atoms with van der Waals surface area (Å²) in [5.41, 5.74) is 8.69. The molecular formula is C18H15Cl2N. The molecule has 3 aromatic carbocycles. The van der Waals surface area contributed by atoms with Crippen LogP contribution in [0.4, 0.5) is 0 Å². The van der Waals surface area contributed by atoms with Gasteiger partial charge in [0.2, 0.25) is 0 Å².